The molecule has 0 aliphatic carbocycles. The van der Waals surface area contributed by atoms with Crippen LogP contribution in [0.3, 0.4) is 0 Å². The van der Waals surface area contributed by atoms with Gasteiger partial charge < -0.3 is 18.9 Å². The van der Waals surface area contributed by atoms with E-state index in [-0.39, 0.29) is 22.9 Å². The van der Waals surface area contributed by atoms with Crippen molar-refractivity contribution in [1.82, 2.24) is 0 Å². The second kappa shape index (κ2) is 9.70. The van der Waals surface area contributed by atoms with Crippen LogP contribution in [0, 0.1) is 0 Å². The summed E-state index contributed by atoms with van der Waals surface area (Å²) in [5, 5.41) is 0. The average Bonchev–Trinajstić information content (AvgIpc) is 3.19. The number of rotatable bonds is 6. The van der Waals surface area contributed by atoms with Crippen LogP contribution in [0.4, 0.5) is 0 Å². The van der Waals surface area contributed by atoms with E-state index >= 15 is 0 Å². The third-order valence-corrected chi connectivity index (χ3v) is 5.44. The molecular weight excluding hydrogens is 490 g/mol. The second-order valence-corrected chi connectivity index (χ2v) is 7.67. The van der Waals surface area contributed by atoms with Gasteiger partial charge in [-0.05, 0) is 64.0 Å². The maximum atomic E-state index is 12.6. The minimum atomic E-state index is -0.584. The summed E-state index contributed by atoms with van der Waals surface area (Å²) in [6.45, 7) is 0. The Morgan fingerprint density at radius 2 is 1.67 bits per heavy atom. The lowest BCUT2D eigenvalue weighted by atomic mass is 10.1. The number of ether oxygens (including phenoxy) is 4. The van der Waals surface area contributed by atoms with E-state index in [4.69, 9.17) is 18.9 Å². The number of cyclic esters (lactones) is 1. The summed E-state index contributed by atoms with van der Waals surface area (Å²) in [7, 11) is 2.94. The number of methoxy groups -OCH3 is 2. The van der Waals surface area contributed by atoms with Crippen molar-refractivity contribution >= 4 is 39.8 Å². The predicted octanol–water partition coefficient (Wildman–Crippen LogP) is 5.03. The summed E-state index contributed by atoms with van der Waals surface area (Å²) in [5.41, 5.74) is 1.72. The molecule has 0 saturated carbocycles. The SMILES string of the molecule is COc1cc(C=C2N=C(c3ccccc3Br)OC2=O)ccc1OC(=O)c1ccccc1OC. The standard InChI is InChI=1S/C25H18BrNO6/c1-30-20-10-6-4-8-17(20)24(28)32-21-12-11-15(14-22(21)31-2)13-19-25(29)33-23(27-19)16-7-3-5-9-18(16)26/h3-14H,1-2H3. The molecule has 0 N–H and O–H groups in total. The highest BCUT2D eigenvalue weighted by atomic mass is 79.9. The van der Waals surface area contributed by atoms with Gasteiger partial charge in [-0.3, -0.25) is 0 Å². The van der Waals surface area contributed by atoms with E-state index in [0.29, 0.717) is 22.6 Å². The van der Waals surface area contributed by atoms with Crippen LogP contribution < -0.4 is 14.2 Å². The molecule has 3 aromatic rings. The molecule has 7 nitrogen and oxygen atoms in total. The molecule has 0 radical (unpaired) electrons. The molecule has 0 unspecified atom stereocenters. The largest absolute Gasteiger partial charge is 0.496 e. The lowest BCUT2D eigenvalue weighted by molar-refractivity contribution is -0.129. The van der Waals surface area contributed by atoms with Crippen LogP contribution in [-0.2, 0) is 9.53 Å². The predicted molar refractivity (Wildman–Crippen MR) is 126 cm³/mol. The highest BCUT2D eigenvalue weighted by Gasteiger charge is 2.25. The Hall–Kier alpha value is -3.91. The number of esters is 2. The maximum absolute atomic E-state index is 12.6. The number of nitrogens with zero attached hydrogens (tertiary/aromatic N) is 1. The van der Waals surface area contributed by atoms with Gasteiger partial charge in [-0.1, -0.05) is 30.3 Å². The summed E-state index contributed by atoms with van der Waals surface area (Å²) >= 11 is 3.43. The van der Waals surface area contributed by atoms with E-state index in [2.05, 4.69) is 20.9 Å². The van der Waals surface area contributed by atoms with E-state index < -0.39 is 11.9 Å². The van der Waals surface area contributed by atoms with Gasteiger partial charge in [-0.15, -0.1) is 0 Å². The first-order valence-electron chi connectivity index (χ1n) is 9.81. The average molecular weight is 508 g/mol. The number of hydrogen-bond donors (Lipinski definition) is 0. The Bertz CT molecular complexity index is 1300. The summed E-state index contributed by atoms with van der Waals surface area (Å²) in [4.78, 5) is 29.3. The monoisotopic (exact) mass is 507 g/mol. The van der Waals surface area contributed by atoms with Crippen LogP contribution >= 0.6 is 15.9 Å². The van der Waals surface area contributed by atoms with Gasteiger partial charge in [-0.2, -0.15) is 0 Å². The molecule has 1 aliphatic heterocycles. The number of aliphatic imine (C=N–C) groups is 1. The van der Waals surface area contributed by atoms with E-state index in [1.54, 1.807) is 54.6 Å². The van der Waals surface area contributed by atoms with E-state index in [0.717, 1.165) is 4.47 Å². The van der Waals surface area contributed by atoms with Crippen LogP contribution in [-0.4, -0.2) is 32.1 Å². The molecule has 3 aromatic carbocycles. The van der Waals surface area contributed by atoms with Gasteiger partial charge in [0.15, 0.2) is 17.2 Å². The number of carbonyl (C=O) groups is 2. The van der Waals surface area contributed by atoms with Crippen LogP contribution in [0.15, 0.2) is 81.9 Å². The van der Waals surface area contributed by atoms with Gasteiger partial charge in [-0.25, -0.2) is 14.6 Å². The Morgan fingerprint density at radius 1 is 0.939 bits per heavy atom. The van der Waals surface area contributed by atoms with Gasteiger partial charge in [0.25, 0.3) is 0 Å². The lowest BCUT2D eigenvalue weighted by Gasteiger charge is -2.11. The zero-order chi connectivity index (χ0) is 23.4. The first-order chi connectivity index (χ1) is 16.0. The quantitative estimate of drug-likeness (QED) is 0.264. The number of halogens is 1. The van der Waals surface area contributed by atoms with Crippen molar-refractivity contribution in [3.63, 3.8) is 0 Å². The summed E-state index contributed by atoms with van der Waals surface area (Å²) in [6.07, 6.45) is 1.57. The minimum Gasteiger partial charge on any atom is -0.496 e. The van der Waals surface area contributed by atoms with Crippen molar-refractivity contribution in [3.8, 4) is 17.2 Å². The van der Waals surface area contributed by atoms with Crippen LogP contribution in [0.25, 0.3) is 6.08 Å². The molecule has 0 spiro atoms. The highest BCUT2D eigenvalue weighted by molar-refractivity contribution is 9.10. The Morgan fingerprint density at radius 3 is 2.42 bits per heavy atom. The zero-order valence-electron chi connectivity index (χ0n) is 17.7. The number of carbonyl (C=O) groups excluding carboxylic acids is 2. The minimum absolute atomic E-state index is 0.140. The second-order valence-electron chi connectivity index (χ2n) is 6.82. The molecule has 0 atom stereocenters. The Labute approximate surface area is 198 Å². The lowest BCUT2D eigenvalue weighted by Crippen LogP contribution is -2.10. The van der Waals surface area contributed by atoms with E-state index in [1.807, 2.05) is 18.2 Å². The molecule has 33 heavy (non-hydrogen) atoms. The fraction of sp³-hybridized carbons (Fsp3) is 0.0800. The van der Waals surface area contributed by atoms with Crippen molar-refractivity contribution in [2.24, 2.45) is 4.99 Å². The molecule has 0 bridgehead atoms. The van der Waals surface area contributed by atoms with Gasteiger partial charge in [0.05, 0.1) is 19.8 Å². The van der Waals surface area contributed by atoms with Crippen molar-refractivity contribution in [3.05, 3.63) is 93.6 Å². The fourth-order valence-electron chi connectivity index (χ4n) is 3.14. The van der Waals surface area contributed by atoms with Crippen LogP contribution in [0.2, 0.25) is 0 Å². The molecule has 8 heteroatoms. The van der Waals surface area contributed by atoms with E-state index in [1.165, 1.54) is 14.2 Å². The molecule has 0 fully saturated rings. The normalized spacial score (nSPS) is 14.0. The van der Waals surface area contributed by atoms with Crippen molar-refractivity contribution < 1.29 is 28.5 Å². The number of para-hydroxylation sites is 1. The summed E-state index contributed by atoms with van der Waals surface area (Å²) < 4.78 is 22.2. The third-order valence-electron chi connectivity index (χ3n) is 4.75. The van der Waals surface area contributed by atoms with Crippen LogP contribution in [0.5, 0.6) is 17.2 Å². The summed E-state index contributed by atoms with van der Waals surface area (Å²) in [5.74, 6) is 0.00978. The van der Waals surface area contributed by atoms with Gasteiger partial charge in [0.1, 0.15) is 11.3 Å². The molecule has 0 aromatic heterocycles. The first-order valence-corrected chi connectivity index (χ1v) is 10.6. The Kier molecular flexibility index (Phi) is 6.55. The molecule has 4 rings (SSSR count). The number of benzene rings is 3. The van der Waals surface area contributed by atoms with Crippen LogP contribution in [0.1, 0.15) is 21.5 Å². The summed E-state index contributed by atoms with van der Waals surface area (Å²) in [6, 6.07) is 19.0. The van der Waals surface area contributed by atoms with Crippen molar-refractivity contribution in [1.29, 1.82) is 0 Å². The molecule has 0 saturated heterocycles. The Balaban J connectivity index is 1.59. The smallest absolute Gasteiger partial charge is 0.363 e. The van der Waals surface area contributed by atoms with Gasteiger partial charge >= 0.3 is 11.9 Å². The molecule has 0 amide bonds. The van der Waals surface area contributed by atoms with E-state index in [9.17, 15) is 9.59 Å². The first kappa shape index (κ1) is 22.3. The highest BCUT2D eigenvalue weighted by Crippen LogP contribution is 2.31. The van der Waals surface area contributed by atoms with Crippen molar-refractivity contribution in [2.75, 3.05) is 14.2 Å². The van der Waals surface area contributed by atoms with Crippen molar-refractivity contribution in [2.45, 2.75) is 0 Å². The fourth-order valence-corrected chi connectivity index (χ4v) is 3.60. The number of hydrogen-bond acceptors (Lipinski definition) is 7. The van der Waals surface area contributed by atoms with Gasteiger partial charge in [0.2, 0.25) is 5.90 Å². The third kappa shape index (κ3) is 4.80. The maximum Gasteiger partial charge on any atom is 0.363 e. The zero-order valence-corrected chi connectivity index (χ0v) is 19.3. The topological polar surface area (TPSA) is 83.4 Å². The molecule has 1 aliphatic rings. The molecular formula is C25H18BrNO6. The molecule has 166 valence electrons. The molecule has 1 heterocycles. The van der Waals surface area contributed by atoms with Gasteiger partial charge in [0, 0.05) is 4.47 Å².